The fourth-order valence-corrected chi connectivity index (χ4v) is 3.97. The molecule has 0 saturated carbocycles. The summed E-state index contributed by atoms with van der Waals surface area (Å²) in [5.41, 5.74) is 3.23. The zero-order chi connectivity index (χ0) is 19.2. The summed E-state index contributed by atoms with van der Waals surface area (Å²) >= 11 is 1.54. The maximum absolute atomic E-state index is 12.4. The summed E-state index contributed by atoms with van der Waals surface area (Å²) in [7, 11) is 3.16. The average Bonchev–Trinajstić information content (AvgIpc) is 3.35. The van der Waals surface area contributed by atoms with Crippen molar-refractivity contribution in [1.82, 2.24) is 4.57 Å². The van der Waals surface area contributed by atoms with Crippen molar-refractivity contribution in [2.24, 2.45) is 0 Å². The molecule has 2 aromatic rings. The number of hydrogen-bond acceptors (Lipinski definition) is 4. The van der Waals surface area contributed by atoms with Gasteiger partial charge in [0.1, 0.15) is 0 Å². The smallest absolute Gasteiger partial charge is 0.234 e. The normalized spacial score (nSPS) is 12.8. The standard InChI is InChI=1S/C21H24N2O3S/c1-4-23-17(15-7-5-6-8-15)10-12-21(23)27-14-20(24)22-16-9-11-18(25-2)19(13-16)26-3/h5-7,9-13H,4,8,14H2,1-3H3,(H,22,24). The van der Waals surface area contributed by atoms with Crippen molar-refractivity contribution in [3.05, 3.63) is 54.3 Å². The summed E-state index contributed by atoms with van der Waals surface area (Å²) in [6, 6.07) is 9.56. The van der Waals surface area contributed by atoms with E-state index in [-0.39, 0.29) is 5.91 Å². The third-order valence-electron chi connectivity index (χ3n) is 4.38. The molecule has 1 aromatic carbocycles. The predicted octanol–water partition coefficient (Wildman–Crippen LogP) is 4.60. The number of ether oxygens (including phenoxy) is 2. The van der Waals surface area contributed by atoms with Crippen LogP contribution < -0.4 is 14.8 Å². The molecule has 1 amide bonds. The number of anilines is 1. The van der Waals surface area contributed by atoms with Crippen LogP contribution >= 0.6 is 11.8 Å². The van der Waals surface area contributed by atoms with E-state index < -0.39 is 0 Å². The molecule has 1 aromatic heterocycles. The molecular weight excluding hydrogens is 360 g/mol. The van der Waals surface area contributed by atoms with E-state index in [1.165, 1.54) is 11.3 Å². The number of methoxy groups -OCH3 is 2. The number of thioether (sulfide) groups is 1. The molecule has 0 bridgehead atoms. The molecule has 1 heterocycles. The molecule has 0 aliphatic heterocycles. The van der Waals surface area contributed by atoms with Crippen LogP contribution in [0.2, 0.25) is 0 Å². The first-order valence-corrected chi connectivity index (χ1v) is 9.85. The molecule has 1 aliphatic carbocycles. The van der Waals surface area contributed by atoms with Crippen LogP contribution in [0, 0.1) is 0 Å². The number of aromatic nitrogens is 1. The second-order valence-corrected chi connectivity index (χ2v) is 7.03. The van der Waals surface area contributed by atoms with Gasteiger partial charge in [-0.2, -0.15) is 0 Å². The molecule has 5 nitrogen and oxygen atoms in total. The van der Waals surface area contributed by atoms with Crippen LogP contribution in [0.3, 0.4) is 0 Å². The minimum atomic E-state index is -0.0561. The first-order chi connectivity index (χ1) is 13.2. The number of benzene rings is 1. The summed E-state index contributed by atoms with van der Waals surface area (Å²) < 4.78 is 12.7. The molecule has 0 fully saturated rings. The number of nitrogens with one attached hydrogen (secondary N) is 1. The van der Waals surface area contributed by atoms with Gasteiger partial charge < -0.3 is 19.4 Å². The second-order valence-electron chi connectivity index (χ2n) is 6.03. The third kappa shape index (κ3) is 4.39. The minimum absolute atomic E-state index is 0.0561. The highest BCUT2D eigenvalue weighted by Gasteiger charge is 2.14. The van der Waals surface area contributed by atoms with E-state index in [0.29, 0.717) is 22.9 Å². The van der Waals surface area contributed by atoms with Gasteiger partial charge in [-0.15, -0.1) is 0 Å². The van der Waals surface area contributed by atoms with Crippen LogP contribution in [0.15, 0.2) is 53.6 Å². The predicted molar refractivity (Wildman–Crippen MR) is 111 cm³/mol. The number of amides is 1. The molecule has 0 unspecified atom stereocenters. The monoisotopic (exact) mass is 384 g/mol. The van der Waals surface area contributed by atoms with E-state index in [1.807, 2.05) is 0 Å². The van der Waals surface area contributed by atoms with Gasteiger partial charge in [-0.05, 0) is 43.2 Å². The van der Waals surface area contributed by atoms with Crippen LogP contribution in [0.1, 0.15) is 19.0 Å². The number of carbonyl (C=O) groups excluding carboxylic acids is 1. The van der Waals surface area contributed by atoms with E-state index in [0.717, 1.165) is 18.0 Å². The van der Waals surface area contributed by atoms with E-state index in [2.05, 4.69) is 47.2 Å². The van der Waals surface area contributed by atoms with Gasteiger partial charge in [-0.1, -0.05) is 30.0 Å². The van der Waals surface area contributed by atoms with Crippen molar-refractivity contribution >= 4 is 28.9 Å². The molecule has 0 atom stereocenters. The first-order valence-electron chi connectivity index (χ1n) is 8.86. The molecule has 6 heteroatoms. The van der Waals surface area contributed by atoms with Gasteiger partial charge in [0.15, 0.2) is 11.5 Å². The van der Waals surface area contributed by atoms with Crippen LogP contribution in [0.5, 0.6) is 11.5 Å². The second kappa shape index (κ2) is 8.86. The van der Waals surface area contributed by atoms with E-state index >= 15 is 0 Å². The Balaban J connectivity index is 1.63. The molecule has 3 rings (SSSR count). The van der Waals surface area contributed by atoms with E-state index in [4.69, 9.17) is 9.47 Å². The van der Waals surface area contributed by atoms with Crippen molar-refractivity contribution < 1.29 is 14.3 Å². The van der Waals surface area contributed by atoms with Crippen LogP contribution in [0.25, 0.3) is 5.57 Å². The summed E-state index contributed by atoms with van der Waals surface area (Å²) in [5, 5.41) is 4.01. The number of allylic oxidation sites excluding steroid dienone is 4. The lowest BCUT2D eigenvalue weighted by Crippen LogP contribution is -2.14. The topological polar surface area (TPSA) is 52.5 Å². The van der Waals surface area contributed by atoms with Gasteiger partial charge in [0, 0.05) is 24.0 Å². The highest BCUT2D eigenvalue weighted by atomic mass is 32.2. The Morgan fingerprint density at radius 2 is 2.00 bits per heavy atom. The van der Waals surface area contributed by atoms with Gasteiger partial charge in [-0.25, -0.2) is 0 Å². The highest BCUT2D eigenvalue weighted by Crippen LogP contribution is 2.31. The van der Waals surface area contributed by atoms with Gasteiger partial charge >= 0.3 is 0 Å². The maximum atomic E-state index is 12.4. The molecule has 27 heavy (non-hydrogen) atoms. The number of rotatable bonds is 8. The fourth-order valence-electron chi connectivity index (χ4n) is 3.07. The molecule has 1 aliphatic rings. The Kier molecular flexibility index (Phi) is 6.29. The van der Waals surface area contributed by atoms with Gasteiger partial charge in [-0.3, -0.25) is 4.79 Å². The Hall–Kier alpha value is -2.60. The van der Waals surface area contributed by atoms with Gasteiger partial charge in [0.25, 0.3) is 0 Å². The van der Waals surface area contributed by atoms with Crippen LogP contribution in [-0.2, 0) is 11.3 Å². The number of hydrogen-bond donors (Lipinski definition) is 1. The van der Waals surface area contributed by atoms with Crippen LogP contribution in [0.4, 0.5) is 5.69 Å². The minimum Gasteiger partial charge on any atom is -0.493 e. The maximum Gasteiger partial charge on any atom is 0.234 e. The van der Waals surface area contributed by atoms with E-state index in [9.17, 15) is 4.79 Å². The Labute approximate surface area is 164 Å². The van der Waals surface area contributed by atoms with Crippen molar-refractivity contribution in [1.29, 1.82) is 0 Å². The summed E-state index contributed by atoms with van der Waals surface area (Å²) in [6.45, 7) is 3.00. The molecule has 1 N–H and O–H groups in total. The Morgan fingerprint density at radius 1 is 1.19 bits per heavy atom. The van der Waals surface area contributed by atoms with Crippen molar-refractivity contribution in [3.8, 4) is 11.5 Å². The Bertz CT molecular complexity index is 884. The summed E-state index contributed by atoms with van der Waals surface area (Å²) in [5.74, 6) is 1.51. The average molecular weight is 385 g/mol. The lowest BCUT2D eigenvalue weighted by Gasteiger charge is -2.12. The van der Waals surface area contributed by atoms with Gasteiger partial charge in [0.05, 0.1) is 25.0 Å². The largest absolute Gasteiger partial charge is 0.493 e. The SMILES string of the molecule is CCn1c(SCC(=O)Nc2ccc(OC)c(OC)c2)ccc1C1=CC=CC1. The first kappa shape index (κ1) is 19.2. The third-order valence-corrected chi connectivity index (χ3v) is 5.43. The lowest BCUT2D eigenvalue weighted by molar-refractivity contribution is -0.113. The summed E-state index contributed by atoms with van der Waals surface area (Å²) in [6.07, 6.45) is 7.37. The van der Waals surface area contributed by atoms with Crippen molar-refractivity contribution in [2.75, 3.05) is 25.3 Å². The van der Waals surface area contributed by atoms with Gasteiger partial charge in [0.2, 0.25) is 5.91 Å². The Morgan fingerprint density at radius 3 is 2.67 bits per heavy atom. The molecule has 0 radical (unpaired) electrons. The number of nitrogens with zero attached hydrogens (tertiary/aromatic N) is 1. The molecule has 0 spiro atoms. The molecular formula is C21H24N2O3S. The molecule has 0 saturated heterocycles. The molecule has 142 valence electrons. The quantitative estimate of drug-likeness (QED) is 0.676. The lowest BCUT2D eigenvalue weighted by atomic mass is 10.1. The zero-order valence-corrected chi connectivity index (χ0v) is 16.6. The summed E-state index contributed by atoms with van der Waals surface area (Å²) in [4.78, 5) is 12.4. The van der Waals surface area contributed by atoms with Crippen molar-refractivity contribution in [3.63, 3.8) is 0 Å². The van der Waals surface area contributed by atoms with E-state index in [1.54, 1.807) is 44.2 Å². The van der Waals surface area contributed by atoms with Crippen molar-refractivity contribution in [2.45, 2.75) is 24.9 Å². The van der Waals surface area contributed by atoms with Crippen LogP contribution in [-0.4, -0.2) is 30.4 Å². The highest BCUT2D eigenvalue weighted by molar-refractivity contribution is 7.99. The zero-order valence-electron chi connectivity index (χ0n) is 15.8. The number of carbonyl (C=O) groups is 1. The fraction of sp³-hybridized carbons (Fsp3) is 0.286.